The fourth-order valence-corrected chi connectivity index (χ4v) is 7.60. The first kappa shape index (κ1) is 29.4. The fourth-order valence-electron chi connectivity index (χ4n) is 7.60. The topological polar surface area (TPSA) is 49.9 Å². The van der Waals surface area contributed by atoms with Gasteiger partial charge in [-0.05, 0) is 51.4 Å². The van der Waals surface area contributed by atoms with E-state index in [1.165, 1.54) is 32.8 Å². The molecule has 0 radical (unpaired) electrons. The smallest absolute Gasteiger partial charge is 0.169 e. The van der Waals surface area contributed by atoms with Crippen molar-refractivity contribution in [1.82, 2.24) is 5.32 Å². The number of rotatable bonds is 5. The lowest BCUT2D eigenvalue weighted by Gasteiger charge is -2.24. The van der Waals surface area contributed by atoms with E-state index in [0.717, 1.165) is 62.1 Å². The predicted octanol–water partition coefficient (Wildman–Crippen LogP) is 11.7. The molecule has 2 atom stereocenters. The van der Waals surface area contributed by atoms with Gasteiger partial charge in [0.15, 0.2) is 6.17 Å². The summed E-state index contributed by atoms with van der Waals surface area (Å²) < 4.78 is 6.69. The van der Waals surface area contributed by atoms with Crippen LogP contribution < -0.4 is 5.32 Å². The van der Waals surface area contributed by atoms with Gasteiger partial charge in [0.25, 0.3) is 0 Å². The molecule has 0 amide bonds. The standard InChI is InChI=1S/C47H33N3O/c1-3-12-32(13-4-1)41-29-42-39-26-25-37(28-43(39)51-44(42)40-18-10-9-17-38(40)41)47-49-45(33-14-5-2-6-15-33)48-46(50-47)34-22-19-31(20-23-34)36-24-21-30-11-7-8-16-35(30)27-36/h1-19,21-29,31,47H,20H2,(H,48,49,50). The van der Waals surface area contributed by atoms with Crippen molar-refractivity contribution in [2.45, 2.75) is 18.5 Å². The molecule has 1 N–H and O–H groups in total. The molecular formula is C47H33N3O. The van der Waals surface area contributed by atoms with E-state index in [4.69, 9.17) is 14.4 Å². The number of hydrogen-bond acceptors (Lipinski definition) is 4. The van der Waals surface area contributed by atoms with E-state index in [0.29, 0.717) is 5.92 Å². The molecule has 0 bridgehead atoms. The SMILES string of the molecule is C1=CC(c2ccc3ccccc3c2)CC=C1C1=NC(c2ccc3c(c2)oc2c4ccccc4c(-c4ccccc4)cc32)N=C(c2ccccc2)N1. The predicted molar refractivity (Wildman–Crippen MR) is 211 cm³/mol. The second-order valence-corrected chi connectivity index (χ2v) is 13.4. The van der Waals surface area contributed by atoms with Gasteiger partial charge in [-0.15, -0.1) is 0 Å². The zero-order valence-corrected chi connectivity index (χ0v) is 27.8. The molecule has 2 unspecified atom stereocenters. The van der Waals surface area contributed by atoms with Crippen LogP contribution in [-0.4, -0.2) is 11.7 Å². The highest BCUT2D eigenvalue weighted by Crippen LogP contribution is 2.41. The molecule has 51 heavy (non-hydrogen) atoms. The van der Waals surface area contributed by atoms with Crippen LogP contribution in [0.5, 0.6) is 0 Å². The van der Waals surface area contributed by atoms with Gasteiger partial charge in [0.1, 0.15) is 22.8 Å². The van der Waals surface area contributed by atoms with Crippen molar-refractivity contribution in [3.05, 3.63) is 192 Å². The maximum atomic E-state index is 6.69. The number of benzene rings is 7. The van der Waals surface area contributed by atoms with Gasteiger partial charge in [-0.25, -0.2) is 9.98 Å². The van der Waals surface area contributed by atoms with Crippen molar-refractivity contribution in [2.75, 3.05) is 0 Å². The number of nitrogens with one attached hydrogen (secondary N) is 1. The first-order valence-corrected chi connectivity index (χ1v) is 17.5. The Bertz CT molecular complexity index is 2750. The summed E-state index contributed by atoms with van der Waals surface area (Å²) in [5.74, 6) is 1.94. The molecule has 1 aliphatic heterocycles. The van der Waals surface area contributed by atoms with Crippen LogP contribution >= 0.6 is 0 Å². The second-order valence-electron chi connectivity index (χ2n) is 13.4. The van der Waals surface area contributed by atoms with Crippen LogP contribution in [0.25, 0.3) is 54.6 Å². The summed E-state index contributed by atoms with van der Waals surface area (Å²) in [4.78, 5) is 10.4. The highest BCUT2D eigenvalue weighted by molar-refractivity contribution is 6.19. The molecule has 2 aliphatic rings. The van der Waals surface area contributed by atoms with Crippen LogP contribution in [0.3, 0.4) is 0 Å². The third-order valence-corrected chi connectivity index (χ3v) is 10.2. The Kier molecular flexibility index (Phi) is 6.98. The second kappa shape index (κ2) is 12.1. The van der Waals surface area contributed by atoms with Crippen molar-refractivity contribution in [1.29, 1.82) is 0 Å². The van der Waals surface area contributed by atoms with Crippen LogP contribution in [0.2, 0.25) is 0 Å². The molecule has 0 spiro atoms. The maximum Gasteiger partial charge on any atom is 0.169 e. The highest BCUT2D eigenvalue weighted by Gasteiger charge is 2.24. The Morgan fingerprint density at radius 2 is 1.25 bits per heavy atom. The first-order chi connectivity index (χ1) is 25.2. The van der Waals surface area contributed by atoms with E-state index in [9.17, 15) is 0 Å². The molecule has 1 aromatic heterocycles. The van der Waals surface area contributed by atoms with Gasteiger partial charge in [-0.3, -0.25) is 0 Å². The molecule has 8 aromatic rings. The summed E-state index contributed by atoms with van der Waals surface area (Å²) in [5.41, 5.74) is 8.53. The van der Waals surface area contributed by atoms with E-state index >= 15 is 0 Å². The van der Waals surface area contributed by atoms with E-state index in [1.54, 1.807) is 0 Å². The molecule has 0 fully saturated rings. The van der Waals surface area contributed by atoms with Gasteiger partial charge in [0.05, 0.1) is 0 Å². The normalized spacial score (nSPS) is 17.4. The average molecular weight is 656 g/mol. The first-order valence-electron chi connectivity index (χ1n) is 17.5. The molecule has 242 valence electrons. The van der Waals surface area contributed by atoms with Gasteiger partial charge in [0.2, 0.25) is 0 Å². The van der Waals surface area contributed by atoms with E-state index in [1.807, 2.05) is 18.2 Å². The Morgan fingerprint density at radius 3 is 2.06 bits per heavy atom. The maximum absolute atomic E-state index is 6.69. The van der Waals surface area contributed by atoms with E-state index < -0.39 is 6.17 Å². The number of amidine groups is 2. The Balaban J connectivity index is 1.04. The minimum Gasteiger partial charge on any atom is -0.455 e. The Morgan fingerprint density at radius 1 is 0.549 bits per heavy atom. The summed E-state index contributed by atoms with van der Waals surface area (Å²) in [5, 5.41) is 10.6. The highest BCUT2D eigenvalue weighted by atomic mass is 16.3. The molecule has 0 saturated carbocycles. The van der Waals surface area contributed by atoms with Crippen molar-refractivity contribution in [2.24, 2.45) is 9.98 Å². The third kappa shape index (κ3) is 5.24. The van der Waals surface area contributed by atoms with Crippen LogP contribution in [0, 0.1) is 0 Å². The molecular weight excluding hydrogens is 623 g/mol. The van der Waals surface area contributed by atoms with E-state index in [2.05, 4.69) is 157 Å². The molecule has 0 saturated heterocycles. The molecule has 1 aliphatic carbocycles. The van der Waals surface area contributed by atoms with Crippen molar-refractivity contribution in [3.63, 3.8) is 0 Å². The summed E-state index contributed by atoms with van der Waals surface area (Å²) in [6.45, 7) is 0. The van der Waals surface area contributed by atoms with Gasteiger partial charge in [-0.2, -0.15) is 0 Å². The quantitative estimate of drug-likeness (QED) is 0.201. The Labute approximate surface area is 295 Å². The van der Waals surface area contributed by atoms with Gasteiger partial charge in [-0.1, -0.05) is 158 Å². The molecule has 2 heterocycles. The number of furan rings is 1. The zero-order chi connectivity index (χ0) is 33.7. The monoisotopic (exact) mass is 655 g/mol. The van der Waals surface area contributed by atoms with Crippen molar-refractivity contribution >= 4 is 55.2 Å². The van der Waals surface area contributed by atoms with E-state index in [-0.39, 0.29) is 0 Å². The molecule has 10 rings (SSSR count). The van der Waals surface area contributed by atoms with Gasteiger partial charge in [0, 0.05) is 38.8 Å². The number of hydrogen-bond donors (Lipinski definition) is 1. The van der Waals surface area contributed by atoms with Crippen LogP contribution in [0.15, 0.2) is 190 Å². The lowest BCUT2D eigenvalue weighted by molar-refractivity contribution is 0.669. The van der Waals surface area contributed by atoms with Crippen LogP contribution in [0.1, 0.15) is 35.2 Å². The van der Waals surface area contributed by atoms with Gasteiger partial charge < -0.3 is 9.73 Å². The summed E-state index contributed by atoms with van der Waals surface area (Å²) >= 11 is 0. The fraction of sp³-hybridized carbons (Fsp3) is 0.0638. The minimum absolute atomic E-state index is 0.314. The Hall–Kier alpha value is -6.52. The summed E-state index contributed by atoms with van der Waals surface area (Å²) in [6, 6.07) is 53.4. The van der Waals surface area contributed by atoms with Gasteiger partial charge >= 0.3 is 0 Å². The summed E-state index contributed by atoms with van der Waals surface area (Å²) in [6.07, 6.45) is 7.28. The number of nitrogens with zero attached hydrogens (tertiary/aromatic N) is 2. The average Bonchev–Trinajstić information content (AvgIpc) is 3.59. The number of aliphatic imine (C=N–C) groups is 2. The molecule has 4 heteroatoms. The molecule has 7 aromatic carbocycles. The number of fused-ring (bicyclic) bond motifs is 6. The zero-order valence-electron chi connectivity index (χ0n) is 27.8. The third-order valence-electron chi connectivity index (χ3n) is 10.2. The lowest BCUT2D eigenvalue weighted by atomic mass is 9.88. The number of allylic oxidation sites excluding steroid dienone is 2. The largest absolute Gasteiger partial charge is 0.455 e. The van der Waals surface area contributed by atoms with Crippen molar-refractivity contribution in [3.8, 4) is 11.1 Å². The molecule has 4 nitrogen and oxygen atoms in total. The minimum atomic E-state index is -0.432. The van der Waals surface area contributed by atoms with Crippen molar-refractivity contribution < 1.29 is 4.42 Å². The summed E-state index contributed by atoms with van der Waals surface area (Å²) in [7, 11) is 0. The van der Waals surface area contributed by atoms with Crippen LogP contribution in [-0.2, 0) is 0 Å². The van der Waals surface area contributed by atoms with Crippen LogP contribution in [0.4, 0.5) is 0 Å². The lowest BCUT2D eigenvalue weighted by Crippen LogP contribution is -2.36.